The SMILES string of the molecule is COc1ccc(NC(=O)C(C)OCC(C)(C)N2C(=O)c3ccccc3C2=O)cc1Cl. The normalized spacial score (nSPS) is 14.5. The first kappa shape index (κ1) is 21.8. The van der Waals surface area contributed by atoms with E-state index in [1.165, 1.54) is 12.0 Å². The van der Waals surface area contributed by atoms with Crippen LogP contribution in [0.5, 0.6) is 5.75 Å². The molecule has 2 aromatic carbocycles. The summed E-state index contributed by atoms with van der Waals surface area (Å²) in [6.45, 7) is 5.04. The van der Waals surface area contributed by atoms with Crippen molar-refractivity contribution < 1.29 is 23.9 Å². The third kappa shape index (κ3) is 4.17. The van der Waals surface area contributed by atoms with Crippen LogP contribution in [0.4, 0.5) is 5.69 Å². The van der Waals surface area contributed by atoms with Gasteiger partial charge < -0.3 is 14.8 Å². The van der Waals surface area contributed by atoms with E-state index in [1.54, 1.807) is 63.2 Å². The van der Waals surface area contributed by atoms with E-state index in [1.807, 2.05) is 0 Å². The van der Waals surface area contributed by atoms with E-state index in [2.05, 4.69) is 5.32 Å². The van der Waals surface area contributed by atoms with Crippen LogP contribution in [0.2, 0.25) is 5.02 Å². The molecule has 0 spiro atoms. The Labute approximate surface area is 179 Å². The predicted octanol–water partition coefficient (Wildman–Crippen LogP) is 3.77. The number of benzene rings is 2. The quantitative estimate of drug-likeness (QED) is 0.676. The fraction of sp³-hybridized carbons (Fsp3) is 0.318. The molecule has 1 aliphatic rings. The van der Waals surface area contributed by atoms with E-state index in [0.29, 0.717) is 27.6 Å². The minimum atomic E-state index is -0.939. The summed E-state index contributed by atoms with van der Waals surface area (Å²) >= 11 is 6.08. The van der Waals surface area contributed by atoms with Crippen molar-refractivity contribution in [2.24, 2.45) is 0 Å². The number of carbonyl (C=O) groups excluding carboxylic acids is 3. The van der Waals surface area contributed by atoms with Crippen LogP contribution in [-0.4, -0.2) is 48.0 Å². The number of imide groups is 1. The first-order valence-corrected chi connectivity index (χ1v) is 9.77. The number of methoxy groups -OCH3 is 1. The number of fused-ring (bicyclic) bond motifs is 1. The average Bonchev–Trinajstić information content (AvgIpc) is 2.97. The topological polar surface area (TPSA) is 84.9 Å². The molecule has 0 fully saturated rings. The lowest BCUT2D eigenvalue weighted by atomic mass is 10.0. The number of nitrogens with zero attached hydrogens (tertiary/aromatic N) is 1. The van der Waals surface area contributed by atoms with Crippen molar-refractivity contribution in [1.29, 1.82) is 0 Å². The zero-order valence-electron chi connectivity index (χ0n) is 17.2. The van der Waals surface area contributed by atoms with Crippen LogP contribution in [0, 0.1) is 0 Å². The van der Waals surface area contributed by atoms with Crippen molar-refractivity contribution in [3.05, 3.63) is 58.6 Å². The van der Waals surface area contributed by atoms with E-state index >= 15 is 0 Å². The molecule has 0 saturated carbocycles. The fourth-order valence-corrected chi connectivity index (χ4v) is 3.45. The lowest BCUT2D eigenvalue weighted by Crippen LogP contribution is -2.51. The highest BCUT2D eigenvalue weighted by atomic mass is 35.5. The molecule has 3 rings (SSSR count). The zero-order valence-corrected chi connectivity index (χ0v) is 17.9. The lowest BCUT2D eigenvalue weighted by molar-refractivity contribution is -0.128. The molecule has 0 saturated heterocycles. The number of carbonyl (C=O) groups is 3. The average molecular weight is 431 g/mol. The van der Waals surface area contributed by atoms with Gasteiger partial charge in [-0.25, -0.2) is 0 Å². The van der Waals surface area contributed by atoms with Gasteiger partial charge in [-0.2, -0.15) is 0 Å². The van der Waals surface area contributed by atoms with Crippen LogP contribution in [0.25, 0.3) is 0 Å². The summed E-state index contributed by atoms with van der Waals surface area (Å²) in [5.74, 6) is -0.612. The van der Waals surface area contributed by atoms with Crippen LogP contribution >= 0.6 is 11.6 Å². The molecular formula is C22H23ClN2O5. The van der Waals surface area contributed by atoms with Crippen LogP contribution in [0.15, 0.2) is 42.5 Å². The molecule has 0 radical (unpaired) electrons. The molecule has 0 aromatic heterocycles. The highest BCUT2D eigenvalue weighted by molar-refractivity contribution is 6.32. The van der Waals surface area contributed by atoms with Gasteiger partial charge in [-0.3, -0.25) is 19.3 Å². The van der Waals surface area contributed by atoms with Crippen LogP contribution < -0.4 is 10.1 Å². The van der Waals surface area contributed by atoms with Gasteiger partial charge in [0.15, 0.2) is 0 Å². The summed E-state index contributed by atoms with van der Waals surface area (Å²) in [5, 5.41) is 3.09. The summed E-state index contributed by atoms with van der Waals surface area (Å²) in [6.07, 6.45) is -0.819. The van der Waals surface area contributed by atoms with Gasteiger partial charge in [0, 0.05) is 5.69 Å². The standard InChI is InChI=1S/C22H23ClN2O5/c1-13(19(26)24-14-9-10-18(29-4)17(23)11-14)30-12-22(2,3)25-20(27)15-7-5-6-8-16(15)21(25)28/h5-11,13H,12H2,1-4H3,(H,24,26). The number of halogens is 1. The van der Waals surface area contributed by atoms with Crippen molar-refractivity contribution in [2.75, 3.05) is 19.0 Å². The molecule has 2 aromatic rings. The van der Waals surface area contributed by atoms with Crippen LogP contribution in [0.1, 0.15) is 41.5 Å². The summed E-state index contributed by atoms with van der Waals surface area (Å²) in [6, 6.07) is 11.6. The van der Waals surface area contributed by atoms with Crippen LogP contribution in [-0.2, 0) is 9.53 Å². The molecule has 0 bridgehead atoms. The molecule has 8 heteroatoms. The highest BCUT2D eigenvalue weighted by Gasteiger charge is 2.44. The summed E-state index contributed by atoms with van der Waals surface area (Å²) < 4.78 is 10.8. The maximum absolute atomic E-state index is 12.7. The summed E-state index contributed by atoms with van der Waals surface area (Å²) in [4.78, 5) is 39.1. The van der Waals surface area contributed by atoms with Crippen molar-refractivity contribution in [2.45, 2.75) is 32.4 Å². The molecule has 0 aliphatic carbocycles. The Morgan fingerprint density at radius 3 is 2.27 bits per heavy atom. The molecule has 1 unspecified atom stereocenters. The van der Waals surface area contributed by atoms with E-state index in [0.717, 1.165) is 0 Å². The monoisotopic (exact) mass is 430 g/mol. The molecule has 7 nitrogen and oxygen atoms in total. The molecule has 1 heterocycles. The molecule has 1 N–H and O–H groups in total. The predicted molar refractivity (Wildman–Crippen MR) is 113 cm³/mol. The van der Waals surface area contributed by atoms with Gasteiger partial charge in [0.05, 0.1) is 35.4 Å². The third-order valence-corrected chi connectivity index (χ3v) is 5.17. The number of amides is 3. The fourth-order valence-electron chi connectivity index (χ4n) is 3.20. The summed E-state index contributed by atoms with van der Waals surface area (Å²) in [5.41, 5.74) is 0.307. The largest absolute Gasteiger partial charge is 0.495 e. The first-order chi connectivity index (χ1) is 14.2. The minimum absolute atomic E-state index is 0.00355. The Morgan fingerprint density at radius 2 is 1.73 bits per heavy atom. The second-order valence-electron chi connectivity index (χ2n) is 7.60. The van der Waals surface area contributed by atoms with E-state index in [-0.39, 0.29) is 24.3 Å². The molecule has 1 aliphatic heterocycles. The zero-order chi connectivity index (χ0) is 22.1. The van der Waals surface area contributed by atoms with Gasteiger partial charge in [-0.05, 0) is 51.1 Å². The Bertz CT molecular complexity index is 970. The number of anilines is 1. The van der Waals surface area contributed by atoms with Crippen molar-refractivity contribution in [3.8, 4) is 5.75 Å². The van der Waals surface area contributed by atoms with Gasteiger partial charge in [0.1, 0.15) is 11.9 Å². The number of nitrogens with one attached hydrogen (secondary N) is 1. The number of hydrogen-bond acceptors (Lipinski definition) is 5. The van der Waals surface area contributed by atoms with Gasteiger partial charge in [-0.1, -0.05) is 23.7 Å². The maximum Gasteiger partial charge on any atom is 0.262 e. The maximum atomic E-state index is 12.7. The van der Waals surface area contributed by atoms with Crippen molar-refractivity contribution >= 4 is 35.0 Å². The minimum Gasteiger partial charge on any atom is -0.495 e. The Morgan fingerprint density at radius 1 is 1.13 bits per heavy atom. The van der Waals surface area contributed by atoms with Crippen molar-refractivity contribution in [1.82, 2.24) is 4.90 Å². The Kier molecular flexibility index (Phi) is 6.14. The number of ether oxygens (including phenoxy) is 2. The smallest absolute Gasteiger partial charge is 0.262 e. The molecule has 1 atom stereocenters. The van der Waals surface area contributed by atoms with Crippen molar-refractivity contribution in [3.63, 3.8) is 0 Å². The van der Waals surface area contributed by atoms with E-state index < -0.39 is 11.6 Å². The van der Waals surface area contributed by atoms with E-state index in [4.69, 9.17) is 21.1 Å². The van der Waals surface area contributed by atoms with E-state index in [9.17, 15) is 14.4 Å². The van der Waals surface area contributed by atoms with Crippen LogP contribution in [0.3, 0.4) is 0 Å². The molecule has 3 amide bonds. The first-order valence-electron chi connectivity index (χ1n) is 9.39. The van der Waals surface area contributed by atoms with Gasteiger partial charge in [0.2, 0.25) is 0 Å². The third-order valence-electron chi connectivity index (χ3n) is 4.87. The lowest BCUT2D eigenvalue weighted by Gasteiger charge is -2.34. The van der Waals surface area contributed by atoms with Gasteiger partial charge in [0.25, 0.3) is 17.7 Å². The second-order valence-corrected chi connectivity index (χ2v) is 8.00. The number of rotatable bonds is 7. The van der Waals surface area contributed by atoms with Gasteiger partial charge >= 0.3 is 0 Å². The number of hydrogen-bond donors (Lipinski definition) is 1. The van der Waals surface area contributed by atoms with Gasteiger partial charge in [-0.15, -0.1) is 0 Å². The molecular weight excluding hydrogens is 408 g/mol. The summed E-state index contributed by atoms with van der Waals surface area (Å²) in [7, 11) is 1.51. The molecule has 30 heavy (non-hydrogen) atoms. The highest BCUT2D eigenvalue weighted by Crippen LogP contribution is 2.30. The Hall–Kier alpha value is -2.90. The second kappa shape index (κ2) is 8.45. The Balaban J connectivity index is 1.63. The molecule has 158 valence electrons.